The Labute approximate surface area is 110 Å². The molecule has 1 saturated carbocycles. The van der Waals surface area contributed by atoms with E-state index >= 15 is 0 Å². The summed E-state index contributed by atoms with van der Waals surface area (Å²) in [5.74, 6) is 0. The molecule has 1 aromatic rings. The van der Waals surface area contributed by atoms with E-state index in [2.05, 4.69) is 50.9 Å². The highest BCUT2D eigenvalue weighted by atomic mass is 15.1. The minimum absolute atomic E-state index is 0.0393. The SMILES string of the molecule is Cc1cc(C)c(CN(C)CC2(C#N)CC2)cc1C. The highest BCUT2D eigenvalue weighted by Gasteiger charge is 2.43. The van der Waals surface area contributed by atoms with Gasteiger partial charge < -0.3 is 4.90 Å². The molecule has 0 aliphatic heterocycles. The standard InChI is InChI=1S/C16H22N2/c1-12-7-14(3)15(8-13(12)2)9-18(4)11-16(10-17)5-6-16/h7-8H,5-6,9,11H2,1-4H3. The maximum Gasteiger partial charge on any atom is 0.0703 e. The van der Waals surface area contributed by atoms with Gasteiger partial charge in [-0.1, -0.05) is 12.1 Å². The van der Waals surface area contributed by atoms with Crippen LogP contribution in [-0.2, 0) is 6.54 Å². The van der Waals surface area contributed by atoms with Crippen LogP contribution in [0.3, 0.4) is 0 Å². The van der Waals surface area contributed by atoms with Crippen LogP contribution in [0, 0.1) is 37.5 Å². The second kappa shape index (κ2) is 4.74. The van der Waals surface area contributed by atoms with Crippen molar-refractivity contribution in [2.24, 2.45) is 5.41 Å². The number of aryl methyl sites for hydroxylation is 3. The fourth-order valence-corrected chi connectivity index (χ4v) is 2.51. The molecule has 0 heterocycles. The zero-order valence-corrected chi connectivity index (χ0v) is 11.9. The van der Waals surface area contributed by atoms with E-state index in [1.54, 1.807) is 0 Å². The first kappa shape index (κ1) is 13.1. The van der Waals surface area contributed by atoms with Gasteiger partial charge in [0.2, 0.25) is 0 Å². The summed E-state index contributed by atoms with van der Waals surface area (Å²) in [6, 6.07) is 7.01. The van der Waals surface area contributed by atoms with Crippen molar-refractivity contribution in [1.82, 2.24) is 4.90 Å². The number of rotatable bonds is 4. The molecule has 0 N–H and O–H groups in total. The topological polar surface area (TPSA) is 27.0 Å². The maximum absolute atomic E-state index is 9.13. The normalized spacial score (nSPS) is 16.7. The minimum atomic E-state index is -0.0393. The molecule has 1 aliphatic carbocycles. The van der Waals surface area contributed by atoms with Crippen LogP contribution >= 0.6 is 0 Å². The minimum Gasteiger partial charge on any atom is -0.301 e. The smallest absolute Gasteiger partial charge is 0.0703 e. The third-order valence-electron chi connectivity index (χ3n) is 4.06. The lowest BCUT2D eigenvalue weighted by atomic mass is 10.00. The van der Waals surface area contributed by atoms with Gasteiger partial charge in [0.15, 0.2) is 0 Å². The van der Waals surface area contributed by atoms with Crippen molar-refractivity contribution < 1.29 is 0 Å². The third kappa shape index (κ3) is 2.73. The second-order valence-corrected chi connectivity index (χ2v) is 5.93. The van der Waals surface area contributed by atoms with Gasteiger partial charge in [-0.3, -0.25) is 0 Å². The van der Waals surface area contributed by atoms with Crippen LogP contribution in [0.25, 0.3) is 0 Å². The Morgan fingerprint density at radius 3 is 2.33 bits per heavy atom. The number of hydrogen-bond donors (Lipinski definition) is 0. The summed E-state index contributed by atoms with van der Waals surface area (Å²) < 4.78 is 0. The van der Waals surface area contributed by atoms with Crippen molar-refractivity contribution in [3.63, 3.8) is 0 Å². The summed E-state index contributed by atoms with van der Waals surface area (Å²) in [4.78, 5) is 2.29. The number of benzene rings is 1. The monoisotopic (exact) mass is 242 g/mol. The Morgan fingerprint density at radius 2 is 1.78 bits per heavy atom. The van der Waals surface area contributed by atoms with E-state index in [9.17, 15) is 0 Å². The van der Waals surface area contributed by atoms with Gasteiger partial charge in [-0.25, -0.2) is 0 Å². The largest absolute Gasteiger partial charge is 0.301 e. The summed E-state index contributed by atoms with van der Waals surface area (Å²) in [5.41, 5.74) is 5.41. The summed E-state index contributed by atoms with van der Waals surface area (Å²) in [5, 5.41) is 9.13. The zero-order chi connectivity index (χ0) is 13.3. The number of hydrogen-bond acceptors (Lipinski definition) is 2. The maximum atomic E-state index is 9.13. The van der Waals surface area contributed by atoms with Gasteiger partial charge in [-0.2, -0.15) is 5.26 Å². The molecule has 0 aromatic heterocycles. The molecule has 96 valence electrons. The lowest BCUT2D eigenvalue weighted by molar-refractivity contribution is 0.286. The molecule has 1 aromatic carbocycles. The van der Waals surface area contributed by atoms with Gasteiger partial charge in [0, 0.05) is 13.1 Å². The lowest BCUT2D eigenvalue weighted by Gasteiger charge is -2.21. The Hall–Kier alpha value is -1.33. The van der Waals surface area contributed by atoms with Crippen molar-refractivity contribution >= 4 is 0 Å². The first-order valence-electron chi connectivity index (χ1n) is 6.62. The van der Waals surface area contributed by atoms with Crippen molar-refractivity contribution in [2.75, 3.05) is 13.6 Å². The molecule has 0 unspecified atom stereocenters. The van der Waals surface area contributed by atoms with E-state index in [-0.39, 0.29) is 5.41 Å². The molecule has 2 heteroatoms. The van der Waals surface area contributed by atoms with Gasteiger partial charge in [0.1, 0.15) is 0 Å². The fraction of sp³-hybridized carbons (Fsp3) is 0.562. The average Bonchev–Trinajstić information content (AvgIpc) is 3.06. The van der Waals surface area contributed by atoms with Gasteiger partial charge >= 0.3 is 0 Å². The Kier molecular flexibility index (Phi) is 3.45. The lowest BCUT2D eigenvalue weighted by Crippen LogP contribution is -2.26. The van der Waals surface area contributed by atoms with Crippen molar-refractivity contribution in [1.29, 1.82) is 5.26 Å². The Morgan fingerprint density at radius 1 is 1.17 bits per heavy atom. The molecule has 18 heavy (non-hydrogen) atoms. The van der Waals surface area contributed by atoms with Crippen LogP contribution in [0.1, 0.15) is 35.1 Å². The van der Waals surface area contributed by atoms with Crippen molar-refractivity contribution in [3.8, 4) is 6.07 Å². The quantitative estimate of drug-likeness (QED) is 0.809. The molecule has 0 spiro atoms. The Bertz CT molecular complexity index is 493. The third-order valence-corrected chi connectivity index (χ3v) is 4.06. The van der Waals surface area contributed by atoms with E-state index in [1.807, 2.05) is 0 Å². The van der Waals surface area contributed by atoms with Gasteiger partial charge in [-0.15, -0.1) is 0 Å². The molecule has 0 saturated heterocycles. The molecular formula is C16H22N2. The van der Waals surface area contributed by atoms with Crippen LogP contribution in [-0.4, -0.2) is 18.5 Å². The van der Waals surface area contributed by atoms with E-state index in [1.165, 1.54) is 22.3 Å². The van der Waals surface area contributed by atoms with Crippen molar-refractivity contribution in [3.05, 3.63) is 34.4 Å². The molecule has 0 bridgehead atoms. The fourth-order valence-electron chi connectivity index (χ4n) is 2.51. The van der Waals surface area contributed by atoms with Crippen LogP contribution < -0.4 is 0 Å². The van der Waals surface area contributed by atoms with Gasteiger partial charge in [0.05, 0.1) is 11.5 Å². The van der Waals surface area contributed by atoms with Crippen LogP contribution in [0.2, 0.25) is 0 Å². The Balaban J connectivity index is 2.05. The summed E-state index contributed by atoms with van der Waals surface area (Å²) in [6.07, 6.45) is 2.14. The van der Waals surface area contributed by atoms with E-state index in [0.717, 1.165) is 25.9 Å². The van der Waals surface area contributed by atoms with E-state index in [0.29, 0.717) is 0 Å². The molecule has 0 amide bonds. The average molecular weight is 242 g/mol. The molecule has 0 radical (unpaired) electrons. The molecule has 1 aliphatic rings. The van der Waals surface area contributed by atoms with Crippen LogP contribution in [0.15, 0.2) is 12.1 Å². The van der Waals surface area contributed by atoms with Gasteiger partial charge in [-0.05, 0) is 62.9 Å². The second-order valence-electron chi connectivity index (χ2n) is 5.93. The summed E-state index contributed by atoms with van der Waals surface area (Å²) in [6.45, 7) is 8.33. The summed E-state index contributed by atoms with van der Waals surface area (Å²) in [7, 11) is 2.12. The molecule has 0 atom stereocenters. The molecule has 2 rings (SSSR count). The van der Waals surface area contributed by atoms with Crippen LogP contribution in [0.5, 0.6) is 0 Å². The summed E-state index contributed by atoms with van der Waals surface area (Å²) >= 11 is 0. The first-order chi connectivity index (χ1) is 8.46. The predicted molar refractivity (Wildman–Crippen MR) is 74.3 cm³/mol. The van der Waals surface area contributed by atoms with Gasteiger partial charge in [0.25, 0.3) is 0 Å². The van der Waals surface area contributed by atoms with Crippen LogP contribution in [0.4, 0.5) is 0 Å². The molecule has 1 fully saturated rings. The number of nitriles is 1. The molecular weight excluding hydrogens is 220 g/mol. The van der Waals surface area contributed by atoms with E-state index < -0.39 is 0 Å². The highest BCUT2D eigenvalue weighted by Crippen LogP contribution is 2.45. The van der Waals surface area contributed by atoms with Crippen molar-refractivity contribution in [2.45, 2.75) is 40.2 Å². The highest BCUT2D eigenvalue weighted by molar-refractivity contribution is 5.36. The molecule has 2 nitrogen and oxygen atoms in total. The first-order valence-corrected chi connectivity index (χ1v) is 6.62. The zero-order valence-electron chi connectivity index (χ0n) is 11.9. The predicted octanol–water partition coefficient (Wildman–Crippen LogP) is 3.35. The number of nitrogens with zero attached hydrogens (tertiary/aromatic N) is 2. The van der Waals surface area contributed by atoms with E-state index in [4.69, 9.17) is 5.26 Å².